The molecule has 0 bridgehead atoms. The lowest BCUT2D eigenvalue weighted by Gasteiger charge is -2.09. The molecule has 26 heavy (non-hydrogen) atoms. The maximum absolute atomic E-state index is 12.3. The van der Waals surface area contributed by atoms with Gasteiger partial charge in [-0.1, -0.05) is 47.5 Å². The van der Waals surface area contributed by atoms with Gasteiger partial charge >= 0.3 is 0 Å². The largest absolute Gasteiger partial charge is 0.381 e. The Bertz CT molecular complexity index is 880. The molecule has 0 aliphatic carbocycles. The summed E-state index contributed by atoms with van der Waals surface area (Å²) in [7, 11) is 0. The van der Waals surface area contributed by atoms with Crippen LogP contribution in [0.5, 0.6) is 0 Å². The first-order valence-electron chi connectivity index (χ1n) is 8.07. The molecule has 0 unspecified atom stereocenters. The van der Waals surface area contributed by atoms with E-state index >= 15 is 0 Å². The first kappa shape index (κ1) is 18.2. The number of hydrogen-bond acceptors (Lipinski definition) is 3. The molecular formula is C20H17Cl2N3O. The van der Waals surface area contributed by atoms with E-state index in [-0.39, 0.29) is 5.91 Å². The third-order valence-electron chi connectivity index (χ3n) is 3.77. The number of nitrogens with one attached hydrogen (secondary N) is 2. The minimum absolute atomic E-state index is 0.227. The van der Waals surface area contributed by atoms with Gasteiger partial charge in [0.05, 0.1) is 0 Å². The van der Waals surface area contributed by atoms with Crippen molar-refractivity contribution in [1.82, 2.24) is 10.3 Å². The molecule has 0 aliphatic rings. The fourth-order valence-corrected chi connectivity index (χ4v) is 2.60. The standard InChI is InChI=1S/C20H17Cl2N3O/c21-16-5-1-14(2-6-16)12-24-18-9-10-23-19(11-18)20(26)25-13-15-3-7-17(22)8-4-15/h1-11H,12-13H2,(H,23,24)(H,25,26). The maximum atomic E-state index is 12.3. The van der Waals surface area contributed by atoms with Crippen LogP contribution in [0.25, 0.3) is 0 Å². The molecule has 1 amide bonds. The zero-order valence-corrected chi connectivity index (χ0v) is 15.4. The van der Waals surface area contributed by atoms with Gasteiger partial charge in [0, 0.05) is 35.0 Å². The Labute approximate surface area is 162 Å². The van der Waals surface area contributed by atoms with Gasteiger partial charge in [-0.15, -0.1) is 0 Å². The topological polar surface area (TPSA) is 54.0 Å². The summed E-state index contributed by atoms with van der Waals surface area (Å²) in [5.74, 6) is -0.227. The van der Waals surface area contributed by atoms with Crippen LogP contribution in [0.4, 0.5) is 5.69 Å². The molecule has 0 aliphatic heterocycles. The highest BCUT2D eigenvalue weighted by Gasteiger charge is 2.08. The second-order valence-electron chi connectivity index (χ2n) is 5.72. The van der Waals surface area contributed by atoms with E-state index in [0.717, 1.165) is 16.8 Å². The Kier molecular flexibility index (Phi) is 6.10. The Hall–Kier alpha value is -2.56. The van der Waals surface area contributed by atoms with Gasteiger partial charge in [0.15, 0.2) is 0 Å². The highest BCUT2D eigenvalue weighted by molar-refractivity contribution is 6.30. The molecule has 132 valence electrons. The van der Waals surface area contributed by atoms with E-state index < -0.39 is 0 Å². The number of benzene rings is 2. The van der Waals surface area contributed by atoms with Gasteiger partial charge in [0.2, 0.25) is 0 Å². The predicted molar refractivity (Wildman–Crippen MR) is 106 cm³/mol. The summed E-state index contributed by atoms with van der Waals surface area (Å²) in [4.78, 5) is 16.4. The minimum atomic E-state index is -0.227. The number of carbonyl (C=O) groups excluding carboxylic acids is 1. The van der Waals surface area contributed by atoms with Crippen LogP contribution in [0, 0.1) is 0 Å². The number of nitrogens with zero attached hydrogens (tertiary/aromatic N) is 1. The van der Waals surface area contributed by atoms with Crippen LogP contribution in [0.2, 0.25) is 10.0 Å². The molecule has 0 saturated carbocycles. The molecule has 0 atom stereocenters. The Balaban J connectivity index is 1.58. The van der Waals surface area contributed by atoms with Crippen molar-refractivity contribution in [2.45, 2.75) is 13.1 Å². The fourth-order valence-electron chi connectivity index (χ4n) is 2.35. The first-order valence-corrected chi connectivity index (χ1v) is 8.83. The van der Waals surface area contributed by atoms with Gasteiger partial charge in [-0.2, -0.15) is 0 Å². The number of aromatic nitrogens is 1. The van der Waals surface area contributed by atoms with E-state index in [9.17, 15) is 4.79 Å². The molecule has 0 spiro atoms. The second kappa shape index (κ2) is 8.70. The molecule has 4 nitrogen and oxygen atoms in total. The molecule has 2 aromatic carbocycles. The van der Waals surface area contributed by atoms with Crippen LogP contribution < -0.4 is 10.6 Å². The Morgan fingerprint density at radius 2 is 1.42 bits per heavy atom. The van der Waals surface area contributed by atoms with Crippen molar-refractivity contribution >= 4 is 34.8 Å². The lowest BCUT2D eigenvalue weighted by Crippen LogP contribution is -2.23. The van der Waals surface area contributed by atoms with E-state index in [0.29, 0.717) is 28.8 Å². The average molecular weight is 386 g/mol. The van der Waals surface area contributed by atoms with Crippen molar-refractivity contribution < 1.29 is 4.79 Å². The van der Waals surface area contributed by atoms with Crippen LogP contribution in [-0.2, 0) is 13.1 Å². The predicted octanol–water partition coefficient (Wildman–Crippen LogP) is 4.93. The third kappa shape index (κ3) is 5.22. The molecular weight excluding hydrogens is 369 g/mol. The number of anilines is 1. The zero-order valence-electron chi connectivity index (χ0n) is 13.9. The van der Waals surface area contributed by atoms with Gasteiger partial charge in [-0.25, -0.2) is 0 Å². The van der Waals surface area contributed by atoms with Crippen LogP contribution >= 0.6 is 23.2 Å². The smallest absolute Gasteiger partial charge is 0.270 e. The summed E-state index contributed by atoms with van der Waals surface area (Å²) in [6.07, 6.45) is 1.61. The summed E-state index contributed by atoms with van der Waals surface area (Å²) >= 11 is 11.7. The van der Waals surface area contributed by atoms with Crippen LogP contribution in [0.1, 0.15) is 21.6 Å². The maximum Gasteiger partial charge on any atom is 0.270 e. The van der Waals surface area contributed by atoms with Crippen molar-refractivity contribution in [1.29, 1.82) is 0 Å². The summed E-state index contributed by atoms with van der Waals surface area (Å²) in [6, 6.07) is 18.5. The van der Waals surface area contributed by atoms with Crippen molar-refractivity contribution in [3.8, 4) is 0 Å². The van der Waals surface area contributed by atoms with Crippen molar-refractivity contribution in [2.75, 3.05) is 5.32 Å². The van der Waals surface area contributed by atoms with E-state index in [1.54, 1.807) is 24.4 Å². The fraction of sp³-hybridized carbons (Fsp3) is 0.100. The van der Waals surface area contributed by atoms with Gasteiger partial charge in [-0.3, -0.25) is 9.78 Å². The molecule has 6 heteroatoms. The molecule has 3 aromatic rings. The molecule has 0 fully saturated rings. The Morgan fingerprint density at radius 1 is 0.846 bits per heavy atom. The van der Waals surface area contributed by atoms with E-state index in [1.807, 2.05) is 42.5 Å². The quantitative estimate of drug-likeness (QED) is 0.632. The number of amides is 1. The zero-order chi connectivity index (χ0) is 18.4. The van der Waals surface area contributed by atoms with Crippen molar-refractivity contribution in [2.24, 2.45) is 0 Å². The van der Waals surface area contributed by atoms with Crippen LogP contribution in [0.15, 0.2) is 66.9 Å². The highest BCUT2D eigenvalue weighted by atomic mass is 35.5. The minimum Gasteiger partial charge on any atom is -0.381 e. The lowest BCUT2D eigenvalue weighted by atomic mass is 10.2. The van der Waals surface area contributed by atoms with Gasteiger partial charge in [0.1, 0.15) is 5.69 Å². The number of hydrogen-bond donors (Lipinski definition) is 2. The average Bonchev–Trinajstić information content (AvgIpc) is 2.67. The van der Waals surface area contributed by atoms with Crippen molar-refractivity contribution in [3.05, 3.63) is 93.7 Å². The molecule has 1 aromatic heterocycles. The van der Waals surface area contributed by atoms with E-state index in [4.69, 9.17) is 23.2 Å². The summed E-state index contributed by atoms with van der Waals surface area (Å²) in [6.45, 7) is 1.05. The molecule has 0 radical (unpaired) electrons. The van der Waals surface area contributed by atoms with Crippen LogP contribution in [-0.4, -0.2) is 10.9 Å². The number of rotatable bonds is 6. The van der Waals surface area contributed by atoms with Gasteiger partial charge < -0.3 is 10.6 Å². The Morgan fingerprint density at radius 3 is 2.04 bits per heavy atom. The normalized spacial score (nSPS) is 10.4. The van der Waals surface area contributed by atoms with Gasteiger partial charge in [-0.05, 0) is 47.5 Å². The lowest BCUT2D eigenvalue weighted by molar-refractivity contribution is 0.0946. The molecule has 0 saturated heterocycles. The van der Waals surface area contributed by atoms with Gasteiger partial charge in [0.25, 0.3) is 5.91 Å². The molecule has 2 N–H and O–H groups in total. The number of carbonyl (C=O) groups is 1. The van der Waals surface area contributed by atoms with Crippen LogP contribution in [0.3, 0.4) is 0 Å². The monoisotopic (exact) mass is 385 g/mol. The summed E-state index contributed by atoms with van der Waals surface area (Å²) < 4.78 is 0. The highest BCUT2D eigenvalue weighted by Crippen LogP contribution is 2.13. The molecule has 1 heterocycles. The first-order chi connectivity index (χ1) is 12.6. The van der Waals surface area contributed by atoms with Crippen molar-refractivity contribution in [3.63, 3.8) is 0 Å². The molecule has 3 rings (SSSR count). The number of halogens is 2. The summed E-state index contributed by atoms with van der Waals surface area (Å²) in [5, 5.41) is 7.51. The SMILES string of the molecule is O=C(NCc1ccc(Cl)cc1)c1cc(NCc2ccc(Cl)cc2)ccn1. The number of pyridine rings is 1. The van der Waals surface area contributed by atoms with E-state index in [1.165, 1.54) is 0 Å². The second-order valence-corrected chi connectivity index (χ2v) is 6.59. The van der Waals surface area contributed by atoms with E-state index in [2.05, 4.69) is 15.6 Å². The summed E-state index contributed by atoms with van der Waals surface area (Å²) in [5.41, 5.74) is 3.26. The third-order valence-corrected chi connectivity index (χ3v) is 4.27.